The first-order valence-corrected chi connectivity index (χ1v) is 9.68. The van der Waals surface area contributed by atoms with Gasteiger partial charge in [0.15, 0.2) is 6.29 Å². The average Bonchev–Trinajstić information content (AvgIpc) is 2.58. The van der Waals surface area contributed by atoms with Crippen LogP contribution in [-0.2, 0) is 6.42 Å². The molecule has 1 atom stereocenters. The summed E-state index contributed by atoms with van der Waals surface area (Å²) in [5.74, 6) is -0.164. The van der Waals surface area contributed by atoms with Crippen molar-refractivity contribution in [1.29, 1.82) is 0 Å². The molecule has 1 rings (SSSR count). The van der Waals surface area contributed by atoms with Gasteiger partial charge in [0.2, 0.25) is 0 Å². The highest BCUT2D eigenvalue weighted by Gasteiger charge is 2.23. The summed E-state index contributed by atoms with van der Waals surface area (Å²) >= 11 is 0. The fourth-order valence-electron chi connectivity index (χ4n) is 2.93. The van der Waals surface area contributed by atoms with Crippen molar-refractivity contribution in [2.45, 2.75) is 78.4 Å². The van der Waals surface area contributed by atoms with Gasteiger partial charge in [-0.1, -0.05) is 23.3 Å². The molecule has 5 heteroatoms. The minimum absolute atomic E-state index is 0.00856. The smallest absolute Gasteiger partial charge is 0.154 e. The highest BCUT2D eigenvalue weighted by atomic mass is 16.3. The lowest BCUT2D eigenvalue weighted by molar-refractivity contribution is -0.0509. The molecule has 156 valence electrons. The highest BCUT2D eigenvalue weighted by molar-refractivity contribution is 5.83. The van der Waals surface area contributed by atoms with Crippen LogP contribution >= 0.6 is 0 Å². The summed E-state index contributed by atoms with van der Waals surface area (Å²) in [7, 11) is 0. The quantitative estimate of drug-likeness (QED) is 0.352. The Kier molecular flexibility index (Phi) is 8.92. The molecule has 1 aromatic rings. The third-order valence-corrected chi connectivity index (χ3v) is 5.06. The maximum absolute atomic E-state index is 11.1. The molecular formula is C23H34O5. The number of aliphatic hydroxyl groups is 2. The summed E-state index contributed by atoms with van der Waals surface area (Å²) in [6, 6.07) is 1.50. The Bertz CT molecular complexity index is 738. The third-order valence-electron chi connectivity index (χ3n) is 5.06. The number of allylic oxidation sites excluding steroid dienone is 4. The first kappa shape index (κ1) is 23.9. The SMILES string of the molecule is CC(=CCc1c(O)cc(C)c(C=O)c1O)CCC=C(C)CC[C@H](O)C(C)(C)O. The Balaban J connectivity index is 2.62. The molecule has 0 radical (unpaired) electrons. The van der Waals surface area contributed by atoms with Crippen LogP contribution in [0.15, 0.2) is 29.4 Å². The molecule has 1 aromatic carbocycles. The zero-order valence-electron chi connectivity index (χ0n) is 17.6. The first-order chi connectivity index (χ1) is 13.0. The van der Waals surface area contributed by atoms with Crippen LogP contribution in [0.1, 0.15) is 74.9 Å². The molecule has 0 heterocycles. The maximum atomic E-state index is 11.1. The van der Waals surface area contributed by atoms with E-state index >= 15 is 0 Å². The van der Waals surface area contributed by atoms with Crippen LogP contribution in [-0.4, -0.2) is 38.4 Å². The Morgan fingerprint density at radius 3 is 2.32 bits per heavy atom. The van der Waals surface area contributed by atoms with Crippen LogP contribution in [0.5, 0.6) is 11.5 Å². The molecule has 0 aromatic heterocycles. The van der Waals surface area contributed by atoms with Crippen molar-refractivity contribution >= 4 is 6.29 Å². The molecule has 28 heavy (non-hydrogen) atoms. The van der Waals surface area contributed by atoms with E-state index in [0.717, 1.165) is 24.8 Å². The fourth-order valence-corrected chi connectivity index (χ4v) is 2.93. The van der Waals surface area contributed by atoms with Crippen LogP contribution in [0.2, 0.25) is 0 Å². The molecule has 4 N–H and O–H groups in total. The van der Waals surface area contributed by atoms with Gasteiger partial charge in [-0.2, -0.15) is 0 Å². The van der Waals surface area contributed by atoms with Gasteiger partial charge in [0.25, 0.3) is 0 Å². The molecule has 0 aliphatic heterocycles. The van der Waals surface area contributed by atoms with Crippen molar-refractivity contribution in [3.63, 3.8) is 0 Å². The van der Waals surface area contributed by atoms with E-state index in [-0.39, 0.29) is 17.1 Å². The van der Waals surface area contributed by atoms with Gasteiger partial charge < -0.3 is 20.4 Å². The number of carbonyl (C=O) groups excluding carboxylic acids is 1. The van der Waals surface area contributed by atoms with Gasteiger partial charge in [-0.25, -0.2) is 0 Å². The Hall–Kier alpha value is -2.11. The molecule has 0 aliphatic carbocycles. The number of aldehydes is 1. The van der Waals surface area contributed by atoms with E-state index in [1.54, 1.807) is 20.8 Å². The summed E-state index contributed by atoms with van der Waals surface area (Å²) in [6.07, 6.45) is 7.21. The van der Waals surface area contributed by atoms with Crippen molar-refractivity contribution in [2.75, 3.05) is 0 Å². The fraction of sp³-hybridized carbons (Fsp3) is 0.522. The van der Waals surface area contributed by atoms with Crippen molar-refractivity contribution < 1.29 is 25.2 Å². The Labute approximate surface area is 168 Å². The van der Waals surface area contributed by atoms with Crippen molar-refractivity contribution in [2.24, 2.45) is 0 Å². The van der Waals surface area contributed by atoms with E-state index in [1.165, 1.54) is 11.6 Å². The number of hydrogen-bond donors (Lipinski definition) is 4. The van der Waals surface area contributed by atoms with Gasteiger partial charge in [0.1, 0.15) is 11.5 Å². The van der Waals surface area contributed by atoms with E-state index in [1.807, 2.05) is 19.9 Å². The second kappa shape index (κ2) is 10.4. The zero-order chi connectivity index (χ0) is 21.5. The minimum atomic E-state index is -1.09. The van der Waals surface area contributed by atoms with Crippen molar-refractivity contribution in [3.8, 4) is 11.5 Å². The summed E-state index contributed by atoms with van der Waals surface area (Å²) < 4.78 is 0. The molecule has 0 fully saturated rings. The van der Waals surface area contributed by atoms with Gasteiger partial charge >= 0.3 is 0 Å². The van der Waals surface area contributed by atoms with Gasteiger partial charge in [0, 0.05) is 5.56 Å². The summed E-state index contributed by atoms with van der Waals surface area (Å²) in [5, 5.41) is 39.9. The number of hydrogen-bond acceptors (Lipinski definition) is 5. The second-order valence-electron chi connectivity index (χ2n) is 8.12. The molecule has 0 saturated carbocycles. The zero-order valence-corrected chi connectivity index (χ0v) is 17.6. The Morgan fingerprint density at radius 1 is 1.14 bits per heavy atom. The molecule has 0 aliphatic rings. The third kappa shape index (κ3) is 7.13. The predicted octanol–water partition coefficient (Wildman–Crippen LogP) is 4.35. The number of aromatic hydroxyl groups is 2. The summed E-state index contributed by atoms with van der Waals surface area (Å²) in [5.41, 5.74) is 2.32. The van der Waals surface area contributed by atoms with Gasteiger partial charge in [-0.05, 0) is 78.4 Å². The number of phenols is 2. The van der Waals surface area contributed by atoms with Crippen molar-refractivity contribution in [1.82, 2.24) is 0 Å². The van der Waals surface area contributed by atoms with Crippen LogP contribution in [0, 0.1) is 6.92 Å². The average molecular weight is 391 g/mol. The lowest BCUT2D eigenvalue weighted by Gasteiger charge is -2.24. The van der Waals surface area contributed by atoms with E-state index in [4.69, 9.17) is 0 Å². The number of aryl methyl sites for hydroxylation is 1. The molecule has 0 unspecified atom stereocenters. The van der Waals surface area contributed by atoms with E-state index in [2.05, 4.69) is 6.08 Å². The molecule has 0 amide bonds. The summed E-state index contributed by atoms with van der Waals surface area (Å²) in [6.45, 7) is 8.88. The highest BCUT2D eigenvalue weighted by Crippen LogP contribution is 2.33. The maximum Gasteiger partial charge on any atom is 0.154 e. The van der Waals surface area contributed by atoms with Crippen LogP contribution in [0.4, 0.5) is 0 Å². The van der Waals surface area contributed by atoms with Gasteiger partial charge in [0.05, 0.1) is 17.3 Å². The lowest BCUT2D eigenvalue weighted by Crippen LogP contribution is -2.35. The second-order valence-corrected chi connectivity index (χ2v) is 8.12. The molecule has 0 saturated heterocycles. The van der Waals surface area contributed by atoms with E-state index in [0.29, 0.717) is 30.3 Å². The monoisotopic (exact) mass is 390 g/mol. The number of aliphatic hydroxyl groups excluding tert-OH is 1. The van der Waals surface area contributed by atoms with Gasteiger partial charge in [-0.3, -0.25) is 4.79 Å². The largest absolute Gasteiger partial charge is 0.508 e. The first-order valence-electron chi connectivity index (χ1n) is 9.68. The summed E-state index contributed by atoms with van der Waals surface area (Å²) in [4.78, 5) is 11.1. The predicted molar refractivity (Wildman–Crippen MR) is 112 cm³/mol. The number of carbonyl (C=O) groups is 1. The molecule has 5 nitrogen and oxygen atoms in total. The number of phenolic OH excluding ortho intramolecular Hbond substituents is 2. The van der Waals surface area contributed by atoms with Crippen LogP contribution in [0.3, 0.4) is 0 Å². The normalized spacial score (nSPS) is 14.2. The van der Waals surface area contributed by atoms with E-state index < -0.39 is 11.7 Å². The molecular weight excluding hydrogens is 356 g/mol. The van der Waals surface area contributed by atoms with Crippen LogP contribution in [0.25, 0.3) is 0 Å². The number of rotatable bonds is 10. The standard InChI is InChI=1S/C23H34O5/c1-15(7-6-8-16(2)10-12-21(26)23(4,5)28)9-11-18-20(25)13-17(3)19(14-24)22(18)27/h8-9,13-14,21,25-28H,6-7,10-12H2,1-5H3/t21-/m0/s1. The van der Waals surface area contributed by atoms with Crippen LogP contribution < -0.4 is 0 Å². The van der Waals surface area contributed by atoms with Crippen molar-refractivity contribution in [3.05, 3.63) is 46.1 Å². The molecule has 0 bridgehead atoms. The van der Waals surface area contributed by atoms with Gasteiger partial charge in [-0.15, -0.1) is 0 Å². The lowest BCUT2D eigenvalue weighted by atomic mass is 9.95. The Morgan fingerprint density at radius 2 is 1.75 bits per heavy atom. The number of benzene rings is 1. The topological polar surface area (TPSA) is 98.0 Å². The van der Waals surface area contributed by atoms with E-state index in [9.17, 15) is 25.2 Å². The minimum Gasteiger partial charge on any atom is -0.508 e. The molecule has 0 spiro atoms.